The largest absolute Gasteiger partial charge is 0.598 e. The maximum Gasteiger partial charge on any atom is 0.389 e. The van der Waals surface area contributed by atoms with Crippen LogP contribution in [0.3, 0.4) is 0 Å². The minimum absolute atomic E-state index is 0.696. The molecular formula is C14H18F5NO3S2. The number of hydrogen-bond donors (Lipinski definition) is 1. The minimum atomic E-state index is -5.22. The molecule has 144 valence electrons. The molecule has 1 aromatic carbocycles. The van der Waals surface area contributed by atoms with Gasteiger partial charge in [-0.3, -0.25) is 0 Å². The molecule has 0 aliphatic carbocycles. The first-order chi connectivity index (χ1) is 11.3. The molecule has 0 amide bonds. The van der Waals surface area contributed by atoms with E-state index in [1.807, 2.05) is 0 Å². The molecule has 2 N–H and O–H groups in total. The van der Waals surface area contributed by atoms with Crippen molar-refractivity contribution in [3.05, 3.63) is 30.3 Å². The highest BCUT2D eigenvalue weighted by Crippen LogP contribution is 2.42. The third kappa shape index (κ3) is 5.80. The first-order valence-electron chi connectivity index (χ1n) is 7.18. The van der Waals surface area contributed by atoms with Crippen molar-refractivity contribution < 1.29 is 34.9 Å². The van der Waals surface area contributed by atoms with Gasteiger partial charge in [-0.05, 0) is 25.5 Å². The van der Waals surface area contributed by atoms with Crippen molar-refractivity contribution in [2.24, 2.45) is 11.1 Å². The maximum atomic E-state index is 14.7. The van der Waals surface area contributed by atoms with Gasteiger partial charge < -0.3 is 4.55 Å². The minimum Gasteiger partial charge on any atom is -0.598 e. The number of alkyl halides is 5. The molecule has 1 aromatic rings. The monoisotopic (exact) mass is 407 g/mol. The van der Waals surface area contributed by atoms with Gasteiger partial charge in [0.05, 0.1) is 4.90 Å². The second-order valence-electron chi connectivity index (χ2n) is 5.60. The molecular weight excluding hydrogens is 389 g/mol. The molecule has 0 aliphatic heterocycles. The summed E-state index contributed by atoms with van der Waals surface area (Å²) in [6.45, 7) is 1.21. The summed E-state index contributed by atoms with van der Waals surface area (Å²) in [5.41, 5.74) is 0. The van der Waals surface area contributed by atoms with Crippen molar-refractivity contribution in [3.8, 4) is 0 Å². The van der Waals surface area contributed by atoms with Crippen LogP contribution in [0.1, 0.15) is 26.2 Å². The van der Waals surface area contributed by atoms with Crippen LogP contribution < -0.4 is 5.14 Å². The molecule has 0 heterocycles. The lowest BCUT2D eigenvalue weighted by molar-refractivity contribution is -0.141. The van der Waals surface area contributed by atoms with Crippen LogP contribution in [-0.4, -0.2) is 29.7 Å². The van der Waals surface area contributed by atoms with E-state index in [2.05, 4.69) is 0 Å². The number of hydrogen-bond acceptors (Lipinski definition) is 4. The average molecular weight is 407 g/mol. The summed E-state index contributed by atoms with van der Waals surface area (Å²) < 4.78 is 102. The molecule has 0 spiro atoms. The quantitative estimate of drug-likeness (QED) is 0.529. The Kier molecular flexibility index (Phi) is 7.25. The summed E-state index contributed by atoms with van der Waals surface area (Å²) in [5, 5.41) is -0.468. The van der Waals surface area contributed by atoms with Gasteiger partial charge in [0.2, 0.25) is 9.84 Å². The van der Waals surface area contributed by atoms with Gasteiger partial charge in [0.15, 0.2) is 0 Å². The Labute approximate surface area is 145 Å². The number of sulfone groups is 1. The Hall–Kier alpha value is -0.910. The van der Waals surface area contributed by atoms with E-state index in [0.717, 1.165) is 12.1 Å². The lowest BCUT2D eigenvalue weighted by atomic mass is 9.97. The smallest absolute Gasteiger partial charge is 0.389 e. The van der Waals surface area contributed by atoms with Crippen molar-refractivity contribution in [1.82, 2.24) is 0 Å². The summed E-state index contributed by atoms with van der Waals surface area (Å²) in [6, 6.07) is 5.75. The van der Waals surface area contributed by atoms with E-state index in [-0.39, 0.29) is 0 Å². The van der Waals surface area contributed by atoms with Crippen LogP contribution in [0, 0.1) is 5.92 Å². The highest BCUT2D eigenvalue weighted by molar-refractivity contribution is 7.92. The summed E-state index contributed by atoms with van der Waals surface area (Å²) in [6.07, 6.45) is -8.15. The van der Waals surface area contributed by atoms with Crippen molar-refractivity contribution >= 4 is 21.2 Å². The van der Waals surface area contributed by atoms with Crippen LogP contribution in [-0.2, 0) is 21.2 Å². The number of rotatable bonds is 8. The Bertz CT molecular complexity index is 650. The second kappa shape index (κ2) is 8.19. The Morgan fingerprint density at radius 1 is 1.16 bits per heavy atom. The van der Waals surface area contributed by atoms with Crippen LogP contribution in [0.4, 0.5) is 22.0 Å². The molecule has 3 atom stereocenters. The molecule has 25 heavy (non-hydrogen) atoms. The molecule has 11 heteroatoms. The fourth-order valence-corrected chi connectivity index (χ4v) is 4.14. The van der Waals surface area contributed by atoms with E-state index in [4.69, 9.17) is 5.14 Å². The van der Waals surface area contributed by atoms with Crippen LogP contribution in [0.5, 0.6) is 0 Å². The van der Waals surface area contributed by atoms with E-state index < -0.39 is 68.0 Å². The summed E-state index contributed by atoms with van der Waals surface area (Å²) >= 11 is -2.07. The average Bonchev–Trinajstić information content (AvgIpc) is 2.50. The standard InChI is InChI=1S/C14H18F5NO3S2/c1-10(24(20)21)9-11(7-8-13(15,16)17)14(18,19)25(22,23)12-5-3-2-4-6-12/h2-6,10-11H,7-9,20H2,1H3/t10?,11-,24?/m0/s1. The zero-order chi connectivity index (χ0) is 19.5. The van der Waals surface area contributed by atoms with E-state index in [1.165, 1.54) is 25.1 Å². The van der Waals surface area contributed by atoms with E-state index >= 15 is 0 Å². The Morgan fingerprint density at radius 3 is 2.12 bits per heavy atom. The van der Waals surface area contributed by atoms with Gasteiger partial charge in [-0.1, -0.05) is 18.2 Å². The van der Waals surface area contributed by atoms with Crippen LogP contribution >= 0.6 is 0 Å². The number of halogens is 5. The maximum absolute atomic E-state index is 14.7. The SMILES string of the molecule is CC(C[C@H](CCC(F)(F)F)C(F)(F)S(=O)(=O)c1ccccc1)[S+](N)[O-]. The lowest BCUT2D eigenvalue weighted by Gasteiger charge is -2.28. The number of benzene rings is 1. The molecule has 0 saturated carbocycles. The molecule has 0 aromatic heterocycles. The van der Waals surface area contributed by atoms with Crippen LogP contribution in [0.25, 0.3) is 0 Å². The predicted octanol–water partition coefficient (Wildman–Crippen LogP) is 3.41. The number of nitrogens with two attached hydrogens (primary N) is 1. The topological polar surface area (TPSA) is 83.2 Å². The van der Waals surface area contributed by atoms with Gasteiger partial charge in [-0.25, -0.2) is 8.42 Å². The predicted molar refractivity (Wildman–Crippen MR) is 83.8 cm³/mol. The molecule has 0 saturated heterocycles. The van der Waals surface area contributed by atoms with Gasteiger partial charge in [0, 0.05) is 30.1 Å². The third-order valence-electron chi connectivity index (χ3n) is 3.68. The first kappa shape index (κ1) is 22.1. The van der Waals surface area contributed by atoms with Gasteiger partial charge in [0.25, 0.3) is 0 Å². The molecule has 4 nitrogen and oxygen atoms in total. The van der Waals surface area contributed by atoms with E-state index in [0.29, 0.717) is 0 Å². The zero-order valence-electron chi connectivity index (χ0n) is 13.2. The van der Waals surface area contributed by atoms with Gasteiger partial charge >= 0.3 is 11.4 Å². The van der Waals surface area contributed by atoms with Crippen LogP contribution in [0.2, 0.25) is 0 Å². The summed E-state index contributed by atoms with van der Waals surface area (Å²) in [5.74, 6) is -2.18. The molecule has 0 radical (unpaired) electrons. The lowest BCUT2D eigenvalue weighted by Crippen LogP contribution is -2.41. The molecule has 2 unspecified atom stereocenters. The first-order valence-corrected chi connectivity index (χ1v) is 9.94. The van der Waals surface area contributed by atoms with Gasteiger partial charge in [-0.15, -0.1) is 0 Å². The fraction of sp³-hybridized carbons (Fsp3) is 0.571. The van der Waals surface area contributed by atoms with Gasteiger partial charge in [-0.2, -0.15) is 27.1 Å². The highest BCUT2D eigenvalue weighted by Gasteiger charge is 2.54. The van der Waals surface area contributed by atoms with E-state index in [1.54, 1.807) is 0 Å². The summed E-state index contributed by atoms with van der Waals surface area (Å²) in [7, 11) is -5.22. The third-order valence-corrected chi connectivity index (χ3v) is 6.60. The summed E-state index contributed by atoms with van der Waals surface area (Å²) in [4.78, 5) is -0.696. The van der Waals surface area contributed by atoms with E-state index in [9.17, 15) is 34.9 Å². The highest BCUT2D eigenvalue weighted by atomic mass is 32.2. The molecule has 0 bridgehead atoms. The Balaban J connectivity index is 3.20. The van der Waals surface area contributed by atoms with Crippen LogP contribution in [0.15, 0.2) is 35.2 Å². The molecule has 1 rings (SSSR count). The van der Waals surface area contributed by atoms with Gasteiger partial charge in [0.1, 0.15) is 5.25 Å². The molecule has 0 fully saturated rings. The molecule has 0 aliphatic rings. The zero-order valence-corrected chi connectivity index (χ0v) is 14.8. The fourth-order valence-electron chi connectivity index (χ4n) is 2.23. The van der Waals surface area contributed by atoms with Crippen molar-refractivity contribution in [3.63, 3.8) is 0 Å². The van der Waals surface area contributed by atoms with Crippen molar-refractivity contribution in [2.45, 2.75) is 47.8 Å². The Morgan fingerprint density at radius 2 is 1.68 bits per heavy atom. The van der Waals surface area contributed by atoms with Crippen molar-refractivity contribution in [1.29, 1.82) is 0 Å². The van der Waals surface area contributed by atoms with Crippen molar-refractivity contribution in [2.75, 3.05) is 0 Å². The normalized spacial score (nSPS) is 17.1. The second-order valence-corrected chi connectivity index (χ2v) is 9.09.